The van der Waals surface area contributed by atoms with Crippen molar-refractivity contribution in [2.24, 2.45) is 0 Å². The van der Waals surface area contributed by atoms with Gasteiger partial charge in [0.2, 0.25) is 0 Å². The lowest BCUT2D eigenvalue weighted by molar-refractivity contribution is -0.476. The molecule has 38 heavy (non-hydrogen) atoms. The summed E-state index contributed by atoms with van der Waals surface area (Å²) in [5.74, 6) is 0. The molecule has 0 aromatic heterocycles. The fraction of sp³-hybridized carbons (Fsp3) is 1.00. The molecule has 2 heterocycles. The van der Waals surface area contributed by atoms with Crippen LogP contribution in [0.1, 0.15) is 44.6 Å². The molecule has 0 aliphatic carbocycles. The van der Waals surface area contributed by atoms with Gasteiger partial charge in [-0.1, -0.05) is 44.6 Å². The van der Waals surface area contributed by atoms with Crippen molar-refractivity contribution in [3.63, 3.8) is 0 Å². The summed E-state index contributed by atoms with van der Waals surface area (Å²) >= 11 is 0. The Bertz CT molecular complexity index is 427. The minimum Gasteiger partial charge on any atom is -0.376 e. The standard InChI is InChI=1S/C5H9FO2.C4H7FO2.C3H3F5O2.C3H5F3O.6CH4/c6-1-2-7-3-5-4-8-5;5-3-6-1-4-2-7-4;1-9-2(4,5)3(6,7)10-8;1-7-3(5,6)2-4;;;;;;/h5H,1-4H2;4H,1-3H2;1H3;2H2,1H3;6*1H4. The highest BCUT2D eigenvalue weighted by atomic mass is 19.4. The highest BCUT2D eigenvalue weighted by Crippen LogP contribution is 2.35. The predicted octanol–water partition coefficient (Wildman–Crippen LogP) is 7.43. The third-order valence-corrected chi connectivity index (χ3v) is 2.86. The average Bonchev–Trinajstić information content (AvgIpc) is 3.69. The second-order valence-corrected chi connectivity index (χ2v) is 5.44. The molecule has 0 amide bonds. The van der Waals surface area contributed by atoms with Crippen LogP contribution in [0.15, 0.2) is 0 Å². The van der Waals surface area contributed by atoms with Crippen LogP contribution in [0.3, 0.4) is 0 Å². The van der Waals surface area contributed by atoms with Gasteiger partial charge in [0.05, 0.1) is 33.0 Å². The maximum Gasteiger partial charge on any atom is 0.478 e. The summed E-state index contributed by atoms with van der Waals surface area (Å²) in [4.78, 5) is 1.68. The molecule has 2 unspecified atom stereocenters. The summed E-state index contributed by atoms with van der Waals surface area (Å²) in [5.41, 5.74) is 0. The van der Waals surface area contributed by atoms with E-state index < -0.39 is 38.5 Å². The van der Waals surface area contributed by atoms with E-state index >= 15 is 0 Å². The van der Waals surface area contributed by atoms with Gasteiger partial charge >= 0.3 is 18.3 Å². The van der Waals surface area contributed by atoms with E-state index in [-0.39, 0.29) is 63.4 Å². The molecule has 0 radical (unpaired) electrons. The van der Waals surface area contributed by atoms with E-state index in [4.69, 9.17) is 14.2 Å². The van der Waals surface area contributed by atoms with Crippen molar-refractivity contribution in [2.75, 3.05) is 67.5 Å². The Labute approximate surface area is 220 Å². The molecule has 7 nitrogen and oxygen atoms in total. The Morgan fingerprint density at radius 2 is 1.08 bits per heavy atom. The van der Waals surface area contributed by atoms with Crippen LogP contribution >= 0.6 is 0 Å². The minimum absolute atomic E-state index is 0. The lowest BCUT2D eigenvalue weighted by atomic mass is 10.5. The molecule has 0 saturated carbocycles. The quantitative estimate of drug-likeness (QED) is 0.131. The normalized spacial score (nSPS) is 16.4. The van der Waals surface area contributed by atoms with E-state index in [9.17, 15) is 44.0 Å². The number of hydrogen-bond acceptors (Lipinski definition) is 7. The molecular weight excluding hydrogens is 554 g/mol. The zero-order chi connectivity index (χ0) is 25.3. The number of halogens is 10. The lowest BCUT2D eigenvalue weighted by Gasteiger charge is -2.19. The van der Waals surface area contributed by atoms with E-state index in [1.54, 1.807) is 4.94 Å². The molecule has 2 fully saturated rings. The maximum absolute atomic E-state index is 11.6. The summed E-state index contributed by atoms with van der Waals surface area (Å²) in [6.07, 6.45) is -13.3. The summed E-state index contributed by atoms with van der Waals surface area (Å²) < 4.78 is 138. The van der Waals surface area contributed by atoms with Crippen molar-refractivity contribution < 1.29 is 77.4 Å². The van der Waals surface area contributed by atoms with Crippen LogP contribution in [0.2, 0.25) is 0 Å². The van der Waals surface area contributed by atoms with Crippen LogP contribution < -0.4 is 0 Å². The Kier molecular flexibility index (Phi) is 45.9. The van der Waals surface area contributed by atoms with E-state index in [0.717, 1.165) is 20.3 Å². The van der Waals surface area contributed by atoms with Gasteiger partial charge in [0.15, 0.2) is 13.5 Å². The van der Waals surface area contributed by atoms with Gasteiger partial charge < -0.3 is 28.4 Å². The first-order valence-corrected chi connectivity index (χ1v) is 8.46. The van der Waals surface area contributed by atoms with Gasteiger partial charge in [-0.3, -0.25) is 0 Å². The van der Waals surface area contributed by atoms with Crippen molar-refractivity contribution >= 4 is 0 Å². The van der Waals surface area contributed by atoms with E-state index in [0.29, 0.717) is 20.3 Å². The van der Waals surface area contributed by atoms with Crippen molar-refractivity contribution in [1.29, 1.82) is 0 Å². The largest absolute Gasteiger partial charge is 0.478 e. The molecule has 0 spiro atoms. The fourth-order valence-corrected chi connectivity index (χ4v) is 0.992. The van der Waals surface area contributed by atoms with Gasteiger partial charge in [0.1, 0.15) is 18.9 Å². The first kappa shape index (κ1) is 57.0. The third-order valence-electron chi connectivity index (χ3n) is 2.86. The van der Waals surface area contributed by atoms with Crippen molar-refractivity contribution in [3.05, 3.63) is 0 Å². The summed E-state index contributed by atoms with van der Waals surface area (Å²) in [7, 11) is 1.05. The molecule has 2 aliphatic heterocycles. The zero-order valence-electron chi connectivity index (χ0n) is 16.9. The molecular formula is C21H48F10O7. The first-order chi connectivity index (χ1) is 14.9. The van der Waals surface area contributed by atoms with Crippen molar-refractivity contribution in [2.45, 2.75) is 75.1 Å². The Hall–Kier alpha value is -0.980. The SMILES string of the molecule is C.C.C.C.C.C.COC(F)(F)C(F)(F)OF.COC(F)(F)CF.FCCOCC1CO1.FCOCC1CO1. The predicted molar refractivity (Wildman–Crippen MR) is 126 cm³/mol. The van der Waals surface area contributed by atoms with Gasteiger partial charge in [0, 0.05) is 14.2 Å². The lowest BCUT2D eigenvalue weighted by Crippen LogP contribution is -2.42. The second-order valence-electron chi connectivity index (χ2n) is 5.44. The molecule has 0 aromatic rings. The van der Waals surface area contributed by atoms with Gasteiger partial charge in [0.25, 0.3) is 0 Å². The maximum atomic E-state index is 11.6. The van der Waals surface area contributed by atoms with Crippen LogP contribution in [0.5, 0.6) is 0 Å². The highest BCUT2D eigenvalue weighted by molar-refractivity contribution is 4.67. The Balaban J connectivity index is -0.0000000504. The molecule has 2 saturated heterocycles. The second kappa shape index (κ2) is 30.6. The van der Waals surface area contributed by atoms with E-state index in [1.165, 1.54) is 0 Å². The minimum atomic E-state index is -5.23. The summed E-state index contributed by atoms with van der Waals surface area (Å²) in [5, 5.41) is 0. The number of epoxide rings is 2. The fourth-order valence-electron chi connectivity index (χ4n) is 0.992. The Morgan fingerprint density at radius 3 is 1.26 bits per heavy atom. The molecule has 244 valence electrons. The zero-order valence-corrected chi connectivity index (χ0v) is 16.9. The number of hydrogen-bond donors (Lipinski definition) is 0. The van der Waals surface area contributed by atoms with Gasteiger partial charge in [-0.15, -0.1) is 4.94 Å². The number of ether oxygens (including phenoxy) is 6. The molecule has 0 bridgehead atoms. The molecule has 2 rings (SSSR count). The summed E-state index contributed by atoms with van der Waals surface area (Å²) in [6, 6.07) is 0. The summed E-state index contributed by atoms with van der Waals surface area (Å²) in [6.45, 7) is -0.150. The highest BCUT2D eigenvalue weighted by Gasteiger charge is 2.60. The Morgan fingerprint density at radius 1 is 0.684 bits per heavy atom. The van der Waals surface area contributed by atoms with Gasteiger partial charge in [-0.25, -0.2) is 13.2 Å². The first-order valence-electron chi connectivity index (χ1n) is 8.46. The number of rotatable bonds is 12. The number of methoxy groups -OCH3 is 2. The van der Waals surface area contributed by atoms with Crippen LogP contribution in [-0.4, -0.2) is 98.0 Å². The molecule has 2 aliphatic rings. The molecule has 0 N–H and O–H groups in total. The number of alkyl halides is 9. The smallest absolute Gasteiger partial charge is 0.376 e. The van der Waals surface area contributed by atoms with E-state index in [1.807, 2.05) is 0 Å². The van der Waals surface area contributed by atoms with E-state index in [2.05, 4.69) is 14.2 Å². The van der Waals surface area contributed by atoms with Crippen molar-refractivity contribution in [3.8, 4) is 0 Å². The third kappa shape index (κ3) is 33.0. The molecule has 2 atom stereocenters. The van der Waals surface area contributed by atoms with Crippen LogP contribution in [-0.2, 0) is 33.4 Å². The van der Waals surface area contributed by atoms with Crippen molar-refractivity contribution in [1.82, 2.24) is 0 Å². The molecule has 17 heteroatoms. The monoisotopic (exact) mass is 602 g/mol. The topological polar surface area (TPSA) is 71.2 Å². The van der Waals surface area contributed by atoms with Crippen LogP contribution in [0.4, 0.5) is 44.0 Å². The average molecular weight is 603 g/mol. The molecule has 0 aromatic carbocycles. The van der Waals surface area contributed by atoms with Crippen LogP contribution in [0, 0.1) is 0 Å². The van der Waals surface area contributed by atoms with Crippen LogP contribution in [0.25, 0.3) is 0 Å². The van der Waals surface area contributed by atoms with Gasteiger partial charge in [-0.2, -0.15) is 26.3 Å². The van der Waals surface area contributed by atoms with Gasteiger partial charge in [-0.05, 0) is 4.53 Å².